The van der Waals surface area contributed by atoms with E-state index in [1.54, 1.807) is 0 Å². The second-order valence-corrected chi connectivity index (χ2v) is 11.3. The van der Waals surface area contributed by atoms with E-state index in [0.29, 0.717) is 6.42 Å². The standard InChI is InChI=1S/C14H30O3Si/c1-7-9-12(10-8-11-13(15)16)17-18(5,6)14(2,3)4/h12H,7-11H2,1-6H3,(H,15,16). The molecule has 0 spiro atoms. The summed E-state index contributed by atoms with van der Waals surface area (Å²) in [6.45, 7) is 13.4. The lowest BCUT2D eigenvalue weighted by Crippen LogP contribution is -2.44. The van der Waals surface area contributed by atoms with Crippen molar-refractivity contribution in [3.8, 4) is 0 Å². The Morgan fingerprint density at radius 1 is 1.28 bits per heavy atom. The molecular weight excluding hydrogens is 244 g/mol. The SMILES string of the molecule is CCCC(CCCC(=O)O)O[Si](C)(C)C(C)(C)C. The molecule has 1 N–H and O–H groups in total. The van der Waals surface area contributed by atoms with Gasteiger partial charge in [0.15, 0.2) is 8.32 Å². The van der Waals surface area contributed by atoms with E-state index in [1.807, 2.05) is 0 Å². The van der Waals surface area contributed by atoms with Crippen molar-refractivity contribution in [2.45, 2.75) is 84.0 Å². The zero-order chi connectivity index (χ0) is 14.4. The highest BCUT2D eigenvalue weighted by Crippen LogP contribution is 2.38. The quantitative estimate of drug-likeness (QED) is 0.666. The molecule has 0 fully saturated rings. The molecule has 18 heavy (non-hydrogen) atoms. The third-order valence-corrected chi connectivity index (χ3v) is 8.33. The minimum Gasteiger partial charge on any atom is -0.481 e. The van der Waals surface area contributed by atoms with Gasteiger partial charge in [0.25, 0.3) is 0 Å². The van der Waals surface area contributed by atoms with Crippen molar-refractivity contribution in [3.05, 3.63) is 0 Å². The Morgan fingerprint density at radius 2 is 1.83 bits per heavy atom. The summed E-state index contributed by atoms with van der Waals surface area (Å²) in [4.78, 5) is 10.6. The summed E-state index contributed by atoms with van der Waals surface area (Å²) in [5.41, 5.74) is 0. The molecule has 0 saturated carbocycles. The van der Waals surface area contributed by atoms with Gasteiger partial charge in [-0.25, -0.2) is 0 Å². The van der Waals surface area contributed by atoms with E-state index in [2.05, 4.69) is 40.8 Å². The van der Waals surface area contributed by atoms with E-state index in [0.717, 1.165) is 19.3 Å². The summed E-state index contributed by atoms with van der Waals surface area (Å²) in [5.74, 6) is -0.711. The van der Waals surface area contributed by atoms with E-state index >= 15 is 0 Å². The van der Waals surface area contributed by atoms with E-state index < -0.39 is 14.3 Å². The van der Waals surface area contributed by atoms with Gasteiger partial charge in [-0.15, -0.1) is 0 Å². The molecule has 4 heteroatoms. The van der Waals surface area contributed by atoms with Gasteiger partial charge in [-0.3, -0.25) is 4.79 Å². The Kier molecular flexibility index (Phi) is 7.15. The fourth-order valence-electron chi connectivity index (χ4n) is 1.66. The molecule has 0 aliphatic rings. The maximum atomic E-state index is 10.6. The van der Waals surface area contributed by atoms with E-state index in [1.165, 1.54) is 0 Å². The fraction of sp³-hybridized carbons (Fsp3) is 0.929. The number of carbonyl (C=O) groups is 1. The highest BCUT2D eigenvalue weighted by molar-refractivity contribution is 6.74. The van der Waals surface area contributed by atoms with Crippen LogP contribution in [0.4, 0.5) is 0 Å². The van der Waals surface area contributed by atoms with Crippen molar-refractivity contribution in [1.82, 2.24) is 0 Å². The van der Waals surface area contributed by atoms with Crippen molar-refractivity contribution in [3.63, 3.8) is 0 Å². The number of rotatable bonds is 8. The third kappa shape index (κ3) is 6.54. The Balaban J connectivity index is 4.38. The first-order valence-electron chi connectivity index (χ1n) is 6.99. The van der Waals surface area contributed by atoms with Gasteiger partial charge in [-0.1, -0.05) is 34.1 Å². The molecule has 3 nitrogen and oxygen atoms in total. The van der Waals surface area contributed by atoms with Crippen molar-refractivity contribution < 1.29 is 14.3 Å². The number of carboxylic acids is 1. The zero-order valence-corrected chi connectivity index (χ0v) is 13.9. The molecule has 1 unspecified atom stereocenters. The molecular formula is C14H30O3Si. The minimum absolute atomic E-state index is 0.214. The van der Waals surface area contributed by atoms with Crippen LogP contribution in [0.25, 0.3) is 0 Å². The molecule has 0 amide bonds. The first-order valence-corrected chi connectivity index (χ1v) is 9.90. The summed E-state index contributed by atoms with van der Waals surface area (Å²) < 4.78 is 6.37. The fourth-order valence-corrected chi connectivity index (χ4v) is 3.08. The Labute approximate surface area is 113 Å². The molecule has 108 valence electrons. The van der Waals surface area contributed by atoms with Gasteiger partial charge in [0.1, 0.15) is 0 Å². The molecule has 0 aromatic carbocycles. The molecule has 0 bridgehead atoms. The molecule has 0 aromatic rings. The molecule has 0 rings (SSSR count). The van der Waals surface area contributed by atoms with Gasteiger partial charge < -0.3 is 9.53 Å². The lowest BCUT2D eigenvalue weighted by atomic mass is 10.1. The highest BCUT2D eigenvalue weighted by atomic mass is 28.4. The van der Waals surface area contributed by atoms with Crippen LogP contribution in [0.1, 0.15) is 59.8 Å². The Hall–Kier alpha value is -0.353. The first-order chi connectivity index (χ1) is 8.10. The topological polar surface area (TPSA) is 46.5 Å². The van der Waals surface area contributed by atoms with Crippen LogP contribution in [0.2, 0.25) is 18.1 Å². The molecule has 0 radical (unpaired) electrons. The smallest absolute Gasteiger partial charge is 0.303 e. The molecule has 0 aromatic heterocycles. The summed E-state index contributed by atoms with van der Waals surface area (Å²) >= 11 is 0. The van der Waals surface area contributed by atoms with Crippen LogP contribution >= 0.6 is 0 Å². The maximum absolute atomic E-state index is 10.6. The van der Waals surface area contributed by atoms with Crippen LogP contribution < -0.4 is 0 Å². The molecule has 0 heterocycles. The Morgan fingerprint density at radius 3 is 2.22 bits per heavy atom. The second kappa shape index (κ2) is 7.29. The van der Waals surface area contributed by atoms with Gasteiger partial charge in [-0.05, 0) is 37.4 Å². The summed E-state index contributed by atoms with van der Waals surface area (Å²) in [7, 11) is -1.73. The summed E-state index contributed by atoms with van der Waals surface area (Å²) in [6.07, 6.45) is 4.19. The number of carboxylic acid groups (broad SMARTS) is 1. The van der Waals surface area contributed by atoms with Crippen LogP contribution in [-0.4, -0.2) is 25.5 Å². The highest BCUT2D eigenvalue weighted by Gasteiger charge is 2.38. The zero-order valence-electron chi connectivity index (χ0n) is 12.9. The molecule has 0 aliphatic carbocycles. The third-order valence-electron chi connectivity index (χ3n) is 3.79. The van der Waals surface area contributed by atoms with Crippen LogP contribution in [0.3, 0.4) is 0 Å². The van der Waals surface area contributed by atoms with Gasteiger partial charge >= 0.3 is 5.97 Å². The van der Waals surface area contributed by atoms with Gasteiger partial charge in [0, 0.05) is 12.5 Å². The summed E-state index contributed by atoms with van der Waals surface area (Å²) in [5, 5.41) is 8.90. The normalized spacial score (nSPS) is 14.6. The molecule has 0 saturated heterocycles. The lowest BCUT2D eigenvalue weighted by Gasteiger charge is -2.39. The van der Waals surface area contributed by atoms with E-state index in [9.17, 15) is 4.79 Å². The van der Waals surface area contributed by atoms with Crippen molar-refractivity contribution in [2.24, 2.45) is 0 Å². The monoisotopic (exact) mass is 274 g/mol. The average molecular weight is 274 g/mol. The van der Waals surface area contributed by atoms with Crippen molar-refractivity contribution >= 4 is 14.3 Å². The van der Waals surface area contributed by atoms with Crippen LogP contribution in [0.15, 0.2) is 0 Å². The van der Waals surface area contributed by atoms with E-state index in [4.69, 9.17) is 9.53 Å². The van der Waals surface area contributed by atoms with E-state index in [-0.39, 0.29) is 17.6 Å². The maximum Gasteiger partial charge on any atom is 0.303 e. The predicted octanol–water partition coefficient (Wildman–Crippen LogP) is 4.43. The first kappa shape index (κ1) is 17.6. The largest absolute Gasteiger partial charge is 0.481 e. The van der Waals surface area contributed by atoms with Crippen LogP contribution in [0, 0.1) is 0 Å². The van der Waals surface area contributed by atoms with Crippen molar-refractivity contribution in [1.29, 1.82) is 0 Å². The van der Waals surface area contributed by atoms with Crippen molar-refractivity contribution in [2.75, 3.05) is 0 Å². The van der Waals surface area contributed by atoms with Gasteiger partial charge in [0.05, 0.1) is 0 Å². The van der Waals surface area contributed by atoms with Crippen LogP contribution in [0.5, 0.6) is 0 Å². The number of aliphatic carboxylic acids is 1. The molecule has 1 atom stereocenters. The number of hydrogen-bond donors (Lipinski definition) is 1. The van der Waals surface area contributed by atoms with Crippen LogP contribution in [-0.2, 0) is 9.22 Å². The summed E-state index contributed by atoms with van der Waals surface area (Å²) in [6, 6.07) is 0. The van der Waals surface area contributed by atoms with Gasteiger partial charge in [-0.2, -0.15) is 0 Å². The minimum atomic E-state index is -1.73. The Bertz CT molecular complexity index is 256. The molecule has 0 aliphatic heterocycles. The predicted molar refractivity (Wildman–Crippen MR) is 78.5 cm³/mol. The van der Waals surface area contributed by atoms with Gasteiger partial charge in [0.2, 0.25) is 0 Å². The number of hydrogen-bond acceptors (Lipinski definition) is 2. The average Bonchev–Trinajstić information content (AvgIpc) is 2.14. The second-order valence-electron chi connectivity index (χ2n) is 6.57. The lowest BCUT2D eigenvalue weighted by molar-refractivity contribution is -0.137.